The van der Waals surface area contributed by atoms with Gasteiger partial charge in [0.05, 0.1) is 24.8 Å². The van der Waals surface area contributed by atoms with Gasteiger partial charge in [-0.15, -0.1) is 0 Å². The summed E-state index contributed by atoms with van der Waals surface area (Å²) >= 11 is 0. The lowest BCUT2D eigenvalue weighted by molar-refractivity contribution is 0.302. The molecule has 0 bridgehead atoms. The summed E-state index contributed by atoms with van der Waals surface area (Å²) < 4.78 is 13.7. The highest BCUT2D eigenvalue weighted by molar-refractivity contribution is 5.80. The van der Waals surface area contributed by atoms with Gasteiger partial charge in [0.2, 0.25) is 0 Å². The predicted molar refractivity (Wildman–Crippen MR) is 118 cm³/mol. The second-order valence-electron chi connectivity index (χ2n) is 7.33. The Morgan fingerprint density at radius 2 is 1.66 bits per heavy atom. The van der Waals surface area contributed by atoms with E-state index in [1.54, 1.807) is 7.11 Å². The number of aryl methyl sites for hydroxylation is 3. The van der Waals surface area contributed by atoms with Crippen molar-refractivity contribution in [2.45, 2.75) is 26.8 Å². The SMILES string of the molecule is COc1cccc(-c2nc3ccccc3n2CCCOc2cc(C)cc(C)c2)c1. The number of benzene rings is 3. The minimum Gasteiger partial charge on any atom is -0.497 e. The van der Waals surface area contributed by atoms with Crippen LogP contribution in [0.3, 0.4) is 0 Å². The van der Waals surface area contributed by atoms with E-state index in [4.69, 9.17) is 14.5 Å². The molecule has 1 aromatic heterocycles. The van der Waals surface area contributed by atoms with Gasteiger partial charge >= 0.3 is 0 Å². The highest BCUT2D eigenvalue weighted by Crippen LogP contribution is 2.27. The van der Waals surface area contributed by atoms with Gasteiger partial charge in [0.15, 0.2) is 0 Å². The lowest BCUT2D eigenvalue weighted by atomic mass is 10.1. The highest BCUT2D eigenvalue weighted by atomic mass is 16.5. The standard InChI is InChI=1S/C25H26N2O2/c1-18-14-19(2)16-22(15-18)29-13-7-12-27-24-11-5-4-10-23(24)26-25(27)20-8-6-9-21(17-20)28-3/h4-6,8-11,14-17H,7,12-13H2,1-3H3. The Hall–Kier alpha value is -3.27. The van der Waals surface area contributed by atoms with Crippen molar-refractivity contribution < 1.29 is 9.47 Å². The first-order chi connectivity index (χ1) is 14.1. The smallest absolute Gasteiger partial charge is 0.141 e. The van der Waals surface area contributed by atoms with Crippen LogP contribution in [0.5, 0.6) is 11.5 Å². The van der Waals surface area contributed by atoms with Crippen LogP contribution >= 0.6 is 0 Å². The van der Waals surface area contributed by atoms with Crippen LogP contribution in [0.1, 0.15) is 17.5 Å². The van der Waals surface area contributed by atoms with Crippen LogP contribution in [0.2, 0.25) is 0 Å². The lowest BCUT2D eigenvalue weighted by Gasteiger charge is -2.12. The van der Waals surface area contributed by atoms with E-state index in [9.17, 15) is 0 Å². The fourth-order valence-electron chi connectivity index (χ4n) is 3.71. The van der Waals surface area contributed by atoms with Gasteiger partial charge in [-0.3, -0.25) is 0 Å². The van der Waals surface area contributed by atoms with Gasteiger partial charge in [-0.05, 0) is 67.8 Å². The summed E-state index contributed by atoms with van der Waals surface area (Å²) in [5.74, 6) is 2.72. The van der Waals surface area contributed by atoms with Gasteiger partial charge in [-0.1, -0.05) is 30.3 Å². The monoisotopic (exact) mass is 386 g/mol. The number of ether oxygens (including phenoxy) is 2. The number of hydrogen-bond acceptors (Lipinski definition) is 3. The van der Waals surface area contributed by atoms with E-state index in [1.807, 2.05) is 24.3 Å². The molecule has 0 atom stereocenters. The minimum atomic E-state index is 0.660. The average Bonchev–Trinajstić information content (AvgIpc) is 3.09. The normalized spacial score (nSPS) is 11.0. The molecule has 0 aliphatic heterocycles. The Bertz CT molecular complexity index is 1110. The van der Waals surface area contributed by atoms with Gasteiger partial charge in [0.1, 0.15) is 17.3 Å². The molecular weight excluding hydrogens is 360 g/mol. The maximum absolute atomic E-state index is 6.01. The van der Waals surface area contributed by atoms with E-state index in [2.05, 4.69) is 60.9 Å². The molecule has 0 saturated heterocycles. The number of fused-ring (bicyclic) bond motifs is 1. The van der Waals surface area contributed by atoms with E-state index in [0.29, 0.717) is 6.61 Å². The molecule has 0 aliphatic carbocycles. The number of methoxy groups -OCH3 is 1. The van der Waals surface area contributed by atoms with E-state index in [0.717, 1.165) is 46.9 Å². The summed E-state index contributed by atoms with van der Waals surface area (Å²) in [4.78, 5) is 4.89. The van der Waals surface area contributed by atoms with Crippen LogP contribution in [-0.2, 0) is 6.54 Å². The van der Waals surface area contributed by atoms with Gasteiger partial charge in [-0.2, -0.15) is 0 Å². The zero-order chi connectivity index (χ0) is 20.2. The Labute approximate surface area is 171 Å². The number of rotatable bonds is 7. The second-order valence-corrected chi connectivity index (χ2v) is 7.33. The third-order valence-electron chi connectivity index (χ3n) is 4.97. The topological polar surface area (TPSA) is 36.3 Å². The Kier molecular flexibility index (Phi) is 5.52. The first-order valence-corrected chi connectivity index (χ1v) is 9.95. The molecule has 4 rings (SSSR count). The number of imidazole rings is 1. The lowest BCUT2D eigenvalue weighted by Crippen LogP contribution is -2.06. The van der Waals surface area contributed by atoms with Crippen molar-refractivity contribution >= 4 is 11.0 Å². The van der Waals surface area contributed by atoms with Gasteiger partial charge in [-0.25, -0.2) is 4.98 Å². The van der Waals surface area contributed by atoms with Crippen LogP contribution in [0.25, 0.3) is 22.4 Å². The van der Waals surface area contributed by atoms with Gasteiger partial charge in [0.25, 0.3) is 0 Å². The van der Waals surface area contributed by atoms with Crippen molar-refractivity contribution in [1.82, 2.24) is 9.55 Å². The zero-order valence-corrected chi connectivity index (χ0v) is 17.2. The van der Waals surface area contributed by atoms with Crippen molar-refractivity contribution in [3.8, 4) is 22.9 Å². The molecule has 29 heavy (non-hydrogen) atoms. The van der Waals surface area contributed by atoms with Crippen LogP contribution in [0.15, 0.2) is 66.7 Å². The molecule has 3 aromatic carbocycles. The van der Waals surface area contributed by atoms with Gasteiger partial charge < -0.3 is 14.0 Å². The van der Waals surface area contributed by atoms with Crippen LogP contribution in [-0.4, -0.2) is 23.3 Å². The Balaban J connectivity index is 1.56. The van der Waals surface area contributed by atoms with Crippen molar-refractivity contribution in [3.05, 3.63) is 77.9 Å². The number of nitrogens with zero attached hydrogens (tertiary/aromatic N) is 2. The number of para-hydroxylation sites is 2. The van der Waals surface area contributed by atoms with E-state index < -0.39 is 0 Å². The molecule has 0 radical (unpaired) electrons. The van der Waals surface area contributed by atoms with Crippen LogP contribution < -0.4 is 9.47 Å². The van der Waals surface area contributed by atoms with Crippen molar-refractivity contribution in [2.75, 3.05) is 13.7 Å². The molecule has 0 spiro atoms. The third kappa shape index (κ3) is 4.27. The summed E-state index contributed by atoms with van der Waals surface area (Å²) in [6.45, 7) is 5.68. The largest absolute Gasteiger partial charge is 0.497 e. The summed E-state index contributed by atoms with van der Waals surface area (Å²) in [5, 5.41) is 0. The first-order valence-electron chi connectivity index (χ1n) is 9.95. The molecule has 0 saturated carbocycles. The van der Waals surface area contributed by atoms with Crippen molar-refractivity contribution in [2.24, 2.45) is 0 Å². The van der Waals surface area contributed by atoms with Crippen LogP contribution in [0, 0.1) is 13.8 Å². The molecule has 148 valence electrons. The molecular formula is C25H26N2O2. The minimum absolute atomic E-state index is 0.660. The fraction of sp³-hybridized carbons (Fsp3) is 0.240. The van der Waals surface area contributed by atoms with E-state index in [-0.39, 0.29) is 0 Å². The van der Waals surface area contributed by atoms with Crippen molar-refractivity contribution in [3.63, 3.8) is 0 Å². The summed E-state index contributed by atoms with van der Waals surface area (Å²) in [5.41, 5.74) is 5.63. The zero-order valence-electron chi connectivity index (χ0n) is 17.2. The summed E-state index contributed by atoms with van der Waals surface area (Å²) in [6.07, 6.45) is 0.893. The molecule has 0 aliphatic rings. The summed E-state index contributed by atoms with van der Waals surface area (Å²) in [7, 11) is 1.69. The predicted octanol–water partition coefficient (Wildman–Crippen LogP) is 5.80. The summed E-state index contributed by atoms with van der Waals surface area (Å²) in [6, 6.07) is 22.6. The molecule has 0 amide bonds. The van der Waals surface area contributed by atoms with Crippen LogP contribution in [0.4, 0.5) is 0 Å². The Morgan fingerprint density at radius 1 is 0.862 bits per heavy atom. The maximum atomic E-state index is 6.01. The molecule has 4 nitrogen and oxygen atoms in total. The quantitative estimate of drug-likeness (QED) is 0.377. The highest BCUT2D eigenvalue weighted by Gasteiger charge is 2.13. The number of hydrogen-bond donors (Lipinski definition) is 0. The average molecular weight is 386 g/mol. The molecule has 0 fully saturated rings. The number of aromatic nitrogens is 2. The van der Waals surface area contributed by atoms with E-state index in [1.165, 1.54) is 11.1 Å². The molecule has 4 aromatic rings. The molecule has 1 heterocycles. The van der Waals surface area contributed by atoms with E-state index >= 15 is 0 Å². The second kappa shape index (κ2) is 8.39. The molecule has 0 unspecified atom stereocenters. The Morgan fingerprint density at radius 3 is 2.45 bits per heavy atom. The van der Waals surface area contributed by atoms with Crippen molar-refractivity contribution in [1.29, 1.82) is 0 Å². The third-order valence-corrected chi connectivity index (χ3v) is 4.97. The fourth-order valence-corrected chi connectivity index (χ4v) is 3.71. The van der Waals surface area contributed by atoms with Gasteiger partial charge in [0, 0.05) is 12.1 Å². The first kappa shape index (κ1) is 19.1. The molecule has 4 heteroatoms. The molecule has 0 N–H and O–H groups in total. The maximum Gasteiger partial charge on any atom is 0.141 e.